The van der Waals surface area contributed by atoms with Crippen LogP contribution in [0.5, 0.6) is 0 Å². The Hall–Kier alpha value is -1.82. The van der Waals surface area contributed by atoms with Crippen LogP contribution in [0.15, 0.2) is 30.3 Å². The number of nitriles is 1. The molecule has 1 aliphatic heterocycles. The van der Waals surface area contributed by atoms with E-state index in [1.807, 2.05) is 23.1 Å². The maximum Gasteiger partial charge on any atom is 0.227 e. The van der Waals surface area contributed by atoms with E-state index in [0.29, 0.717) is 5.92 Å². The molecule has 1 amide bonds. The number of nitrogens with zero attached hydrogens (tertiary/aromatic N) is 2. The first-order valence-electron chi connectivity index (χ1n) is 7.06. The van der Waals surface area contributed by atoms with Crippen LogP contribution >= 0.6 is 0 Å². The predicted octanol–water partition coefficient (Wildman–Crippen LogP) is 2.69. The fourth-order valence-corrected chi connectivity index (χ4v) is 3.08. The highest BCUT2D eigenvalue weighted by Crippen LogP contribution is 2.48. The summed E-state index contributed by atoms with van der Waals surface area (Å²) < 4.78 is 0. The largest absolute Gasteiger partial charge is 0.326 e. The number of rotatable bonds is 2. The molecule has 98 valence electrons. The molecule has 0 spiro atoms. The van der Waals surface area contributed by atoms with Crippen LogP contribution < -0.4 is 0 Å². The van der Waals surface area contributed by atoms with Crippen LogP contribution in [0, 0.1) is 17.2 Å². The summed E-state index contributed by atoms with van der Waals surface area (Å²) in [6.07, 6.45) is 3.88. The summed E-state index contributed by atoms with van der Waals surface area (Å²) in [7, 11) is 0. The number of carbonyl (C=O) groups is 1. The normalized spacial score (nSPS) is 29.6. The van der Waals surface area contributed by atoms with E-state index in [2.05, 4.69) is 18.2 Å². The van der Waals surface area contributed by atoms with Crippen molar-refractivity contribution in [3.63, 3.8) is 0 Å². The highest BCUT2D eigenvalue weighted by Gasteiger charge is 2.47. The van der Waals surface area contributed by atoms with Gasteiger partial charge in [0.2, 0.25) is 5.91 Å². The highest BCUT2D eigenvalue weighted by atomic mass is 16.2. The fraction of sp³-hybridized carbons (Fsp3) is 0.500. The standard InChI is InChI=1S/C16H18N2O/c17-11-13-8-4-5-9-18(13)16(19)15-10-14(15)12-6-2-1-3-7-12/h1-3,6-7,13-15H,4-5,8-10H2. The first-order chi connectivity index (χ1) is 9.31. The van der Waals surface area contributed by atoms with Crippen molar-refractivity contribution in [2.75, 3.05) is 6.54 Å². The number of likely N-dealkylation sites (tertiary alicyclic amines) is 1. The molecule has 3 heteroatoms. The molecule has 1 aliphatic carbocycles. The smallest absolute Gasteiger partial charge is 0.227 e. The lowest BCUT2D eigenvalue weighted by molar-refractivity contribution is -0.135. The van der Waals surface area contributed by atoms with Gasteiger partial charge in [-0.3, -0.25) is 4.79 Å². The Bertz CT molecular complexity index is 505. The zero-order valence-electron chi connectivity index (χ0n) is 11.0. The van der Waals surface area contributed by atoms with Gasteiger partial charge in [0.25, 0.3) is 0 Å². The van der Waals surface area contributed by atoms with Gasteiger partial charge in [-0.15, -0.1) is 0 Å². The Morgan fingerprint density at radius 1 is 1.26 bits per heavy atom. The van der Waals surface area contributed by atoms with Crippen molar-refractivity contribution >= 4 is 5.91 Å². The fourth-order valence-electron chi connectivity index (χ4n) is 3.08. The van der Waals surface area contributed by atoms with E-state index >= 15 is 0 Å². The van der Waals surface area contributed by atoms with E-state index in [-0.39, 0.29) is 17.9 Å². The van der Waals surface area contributed by atoms with Gasteiger partial charge in [0, 0.05) is 12.5 Å². The van der Waals surface area contributed by atoms with Crippen LogP contribution in [0.4, 0.5) is 0 Å². The number of hydrogen-bond acceptors (Lipinski definition) is 2. The Balaban J connectivity index is 1.68. The zero-order chi connectivity index (χ0) is 13.2. The van der Waals surface area contributed by atoms with Crippen LogP contribution in [0.3, 0.4) is 0 Å². The second-order valence-electron chi connectivity index (χ2n) is 5.53. The minimum absolute atomic E-state index is 0.108. The second kappa shape index (κ2) is 5.05. The molecule has 0 N–H and O–H groups in total. The third-order valence-corrected chi connectivity index (χ3v) is 4.27. The molecule has 0 bridgehead atoms. The maximum absolute atomic E-state index is 12.5. The summed E-state index contributed by atoms with van der Waals surface area (Å²) >= 11 is 0. The topological polar surface area (TPSA) is 44.1 Å². The molecule has 3 rings (SSSR count). The number of amides is 1. The van der Waals surface area contributed by atoms with Crippen molar-refractivity contribution in [2.24, 2.45) is 5.92 Å². The SMILES string of the molecule is N#CC1CCCCN1C(=O)C1CC1c1ccccc1. The van der Waals surface area contributed by atoms with Crippen molar-refractivity contribution < 1.29 is 4.79 Å². The van der Waals surface area contributed by atoms with Crippen molar-refractivity contribution in [1.29, 1.82) is 5.26 Å². The van der Waals surface area contributed by atoms with E-state index in [4.69, 9.17) is 5.26 Å². The molecule has 1 aromatic carbocycles. The van der Waals surface area contributed by atoms with Gasteiger partial charge in [0.15, 0.2) is 0 Å². The monoisotopic (exact) mass is 254 g/mol. The molecule has 3 unspecified atom stereocenters. The summed E-state index contributed by atoms with van der Waals surface area (Å²) in [4.78, 5) is 14.3. The number of piperidine rings is 1. The summed E-state index contributed by atoms with van der Waals surface area (Å²) in [5.74, 6) is 0.673. The average Bonchev–Trinajstić information content (AvgIpc) is 3.28. The van der Waals surface area contributed by atoms with Crippen LogP contribution in [-0.4, -0.2) is 23.4 Å². The summed E-state index contributed by atoms with van der Waals surface area (Å²) in [5, 5.41) is 9.15. The Kier molecular flexibility index (Phi) is 3.25. The van der Waals surface area contributed by atoms with Crippen LogP contribution in [0.2, 0.25) is 0 Å². The molecule has 0 radical (unpaired) electrons. The van der Waals surface area contributed by atoms with E-state index in [1.54, 1.807) is 0 Å². The van der Waals surface area contributed by atoms with Gasteiger partial charge in [-0.05, 0) is 37.2 Å². The molecule has 2 aliphatic rings. The molecule has 1 saturated heterocycles. The van der Waals surface area contributed by atoms with Crippen LogP contribution in [-0.2, 0) is 4.79 Å². The molecule has 2 fully saturated rings. The van der Waals surface area contributed by atoms with Gasteiger partial charge in [0.05, 0.1) is 6.07 Å². The third kappa shape index (κ3) is 2.35. The number of carbonyl (C=O) groups excluding carboxylic acids is 1. The number of hydrogen-bond donors (Lipinski definition) is 0. The summed E-state index contributed by atoms with van der Waals surface area (Å²) in [5.41, 5.74) is 1.26. The molecular formula is C16H18N2O. The van der Waals surface area contributed by atoms with Gasteiger partial charge >= 0.3 is 0 Å². The van der Waals surface area contributed by atoms with Crippen molar-refractivity contribution in [2.45, 2.75) is 37.6 Å². The van der Waals surface area contributed by atoms with Gasteiger partial charge in [-0.2, -0.15) is 5.26 Å². The van der Waals surface area contributed by atoms with Gasteiger partial charge in [-0.25, -0.2) is 0 Å². The molecule has 1 saturated carbocycles. The van der Waals surface area contributed by atoms with Gasteiger partial charge in [-0.1, -0.05) is 30.3 Å². The molecule has 1 heterocycles. The molecule has 1 aromatic rings. The predicted molar refractivity (Wildman–Crippen MR) is 72.3 cm³/mol. The van der Waals surface area contributed by atoms with E-state index < -0.39 is 0 Å². The minimum Gasteiger partial charge on any atom is -0.326 e. The quantitative estimate of drug-likeness (QED) is 0.814. The average molecular weight is 254 g/mol. The molecule has 0 aromatic heterocycles. The zero-order valence-corrected chi connectivity index (χ0v) is 11.0. The lowest BCUT2D eigenvalue weighted by Gasteiger charge is -2.31. The van der Waals surface area contributed by atoms with E-state index in [1.165, 1.54) is 5.56 Å². The van der Waals surface area contributed by atoms with Crippen LogP contribution in [0.25, 0.3) is 0 Å². The van der Waals surface area contributed by atoms with Crippen molar-refractivity contribution in [3.05, 3.63) is 35.9 Å². The van der Waals surface area contributed by atoms with Crippen molar-refractivity contribution in [3.8, 4) is 6.07 Å². The second-order valence-corrected chi connectivity index (χ2v) is 5.53. The number of benzene rings is 1. The third-order valence-electron chi connectivity index (χ3n) is 4.27. The first-order valence-corrected chi connectivity index (χ1v) is 7.06. The molecule has 19 heavy (non-hydrogen) atoms. The molecule has 3 nitrogen and oxygen atoms in total. The van der Waals surface area contributed by atoms with Crippen LogP contribution in [0.1, 0.15) is 37.2 Å². The molecule has 3 atom stereocenters. The summed E-state index contributed by atoms with van der Waals surface area (Å²) in [6, 6.07) is 12.3. The van der Waals surface area contributed by atoms with E-state index in [0.717, 1.165) is 32.2 Å². The Morgan fingerprint density at radius 3 is 2.79 bits per heavy atom. The summed E-state index contributed by atoms with van der Waals surface area (Å²) in [6.45, 7) is 0.759. The van der Waals surface area contributed by atoms with Crippen molar-refractivity contribution in [1.82, 2.24) is 4.90 Å². The Morgan fingerprint density at radius 2 is 2.05 bits per heavy atom. The van der Waals surface area contributed by atoms with E-state index in [9.17, 15) is 4.79 Å². The molecular weight excluding hydrogens is 236 g/mol. The Labute approximate surface area is 113 Å². The van der Waals surface area contributed by atoms with Gasteiger partial charge in [0.1, 0.15) is 6.04 Å². The lowest BCUT2D eigenvalue weighted by atomic mass is 10.0. The minimum atomic E-state index is -0.196. The first kappa shape index (κ1) is 12.2. The van der Waals surface area contributed by atoms with Gasteiger partial charge < -0.3 is 4.90 Å². The maximum atomic E-state index is 12.5. The lowest BCUT2D eigenvalue weighted by Crippen LogP contribution is -2.43. The highest BCUT2D eigenvalue weighted by molar-refractivity contribution is 5.83.